The lowest BCUT2D eigenvalue weighted by atomic mass is 9.90. The fraction of sp³-hybridized carbons (Fsp3) is 0.500. The predicted octanol–water partition coefficient (Wildman–Crippen LogP) is 1.76. The van der Waals surface area contributed by atoms with E-state index in [4.69, 9.17) is 11.0 Å². The molecular formula is C12H17N3O. The molecule has 1 aromatic heterocycles. The molecule has 1 rings (SSSR count). The molecule has 0 aliphatic heterocycles. The summed E-state index contributed by atoms with van der Waals surface area (Å²) >= 11 is 0. The van der Waals surface area contributed by atoms with Crippen LogP contribution in [-0.2, 0) is 6.54 Å². The van der Waals surface area contributed by atoms with E-state index in [-0.39, 0.29) is 16.5 Å². The highest BCUT2D eigenvalue weighted by molar-refractivity contribution is 5.33. The summed E-state index contributed by atoms with van der Waals surface area (Å²) in [7, 11) is 0. The molecule has 0 aliphatic carbocycles. The number of aryl methyl sites for hydroxylation is 1. The highest BCUT2D eigenvalue weighted by Gasteiger charge is 2.15. The summed E-state index contributed by atoms with van der Waals surface area (Å²) < 4.78 is 1.88. The van der Waals surface area contributed by atoms with Crippen molar-refractivity contribution in [2.45, 2.75) is 33.2 Å². The van der Waals surface area contributed by atoms with Crippen molar-refractivity contribution in [2.75, 3.05) is 5.73 Å². The molecule has 0 saturated heterocycles. The number of nitrogens with zero attached hydrogens (tertiary/aromatic N) is 2. The molecule has 0 radical (unpaired) electrons. The fourth-order valence-electron chi connectivity index (χ4n) is 1.44. The van der Waals surface area contributed by atoms with Crippen molar-refractivity contribution in [3.05, 3.63) is 28.7 Å². The summed E-state index contributed by atoms with van der Waals surface area (Å²) in [6.07, 6.45) is 5.08. The van der Waals surface area contributed by atoms with Gasteiger partial charge in [0.15, 0.2) is 0 Å². The van der Waals surface area contributed by atoms with Gasteiger partial charge < -0.3 is 10.3 Å². The van der Waals surface area contributed by atoms with Crippen LogP contribution in [0.3, 0.4) is 0 Å². The number of hydrogen-bond acceptors (Lipinski definition) is 3. The van der Waals surface area contributed by atoms with Crippen LogP contribution in [0.5, 0.6) is 0 Å². The van der Waals surface area contributed by atoms with Gasteiger partial charge in [-0.05, 0) is 26.7 Å². The Morgan fingerprint density at radius 3 is 2.81 bits per heavy atom. The standard InChI is InChI=1S/C12H17N3O/c1-12(2,9-13)5-3-6-15-7-4-11(16)10(14)8-15/h4,7-8H,3,5-6,14H2,1-2H3. The lowest BCUT2D eigenvalue weighted by molar-refractivity contribution is 0.415. The number of pyridine rings is 1. The molecule has 1 heterocycles. The van der Waals surface area contributed by atoms with Gasteiger partial charge in [0.05, 0.1) is 17.2 Å². The van der Waals surface area contributed by atoms with Crippen molar-refractivity contribution in [1.29, 1.82) is 5.26 Å². The van der Waals surface area contributed by atoms with Crippen molar-refractivity contribution in [3.8, 4) is 6.07 Å². The maximum Gasteiger partial charge on any atom is 0.204 e. The van der Waals surface area contributed by atoms with Crippen LogP contribution < -0.4 is 11.2 Å². The van der Waals surface area contributed by atoms with E-state index < -0.39 is 0 Å². The zero-order valence-electron chi connectivity index (χ0n) is 9.73. The fourth-order valence-corrected chi connectivity index (χ4v) is 1.44. The first-order valence-corrected chi connectivity index (χ1v) is 5.31. The van der Waals surface area contributed by atoms with Gasteiger partial charge in [-0.1, -0.05) is 0 Å². The van der Waals surface area contributed by atoms with Crippen LogP contribution in [0.4, 0.5) is 5.69 Å². The average Bonchev–Trinajstić information content (AvgIpc) is 2.23. The molecule has 86 valence electrons. The maximum absolute atomic E-state index is 11.1. The highest BCUT2D eigenvalue weighted by atomic mass is 16.1. The van der Waals surface area contributed by atoms with Crippen LogP contribution in [0.2, 0.25) is 0 Å². The second-order valence-corrected chi connectivity index (χ2v) is 4.60. The minimum absolute atomic E-state index is 0.145. The van der Waals surface area contributed by atoms with Crippen LogP contribution in [0.1, 0.15) is 26.7 Å². The molecule has 0 aromatic carbocycles. The molecule has 0 amide bonds. The number of aromatic nitrogens is 1. The number of nitrogen functional groups attached to an aromatic ring is 1. The minimum atomic E-state index is -0.287. The quantitative estimate of drug-likeness (QED) is 0.838. The Balaban J connectivity index is 2.54. The molecule has 0 fully saturated rings. The minimum Gasteiger partial charge on any atom is -0.394 e. The largest absolute Gasteiger partial charge is 0.394 e. The molecule has 0 spiro atoms. The van der Waals surface area contributed by atoms with Crippen molar-refractivity contribution >= 4 is 5.69 Å². The van der Waals surface area contributed by atoms with Gasteiger partial charge in [-0.2, -0.15) is 5.26 Å². The molecule has 0 aliphatic rings. The Labute approximate surface area is 95.3 Å². The Morgan fingerprint density at radius 2 is 2.25 bits per heavy atom. The molecule has 0 bridgehead atoms. The summed E-state index contributed by atoms with van der Waals surface area (Å²) in [5.74, 6) is 0. The summed E-state index contributed by atoms with van der Waals surface area (Å²) in [4.78, 5) is 11.1. The van der Waals surface area contributed by atoms with Crippen LogP contribution >= 0.6 is 0 Å². The highest BCUT2D eigenvalue weighted by Crippen LogP contribution is 2.20. The normalized spacial score (nSPS) is 11.1. The van der Waals surface area contributed by atoms with E-state index in [1.165, 1.54) is 6.07 Å². The summed E-state index contributed by atoms with van der Waals surface area (Å²) in [6.45, 7) is 4.62. The van der Waals surface area contributed by atoms with E-state index in [0.717, 1.165) is 19.4 Å². The van der Waals surface area contributed by atoms with E-state index in [2.05, 4.69) is 6.07 Å². The molecule has 1 aromatic rings. The van der Waals surface area contributed by atoms with Crippen LogP contribution in [0, 0.1) is 16.7 Å². The lowest BCUT2D eigenvalue weighted by Crippen LogP contribution is -2.13. The predicted molar refractivity (Wildman–Crippen MR) is 63.7 cm³/mol. The number of hydrogen-bond donors (Lipinski definition) is 1. The third kappa shape index (κ3) is 3.43. The Bertz CT molecular complexity index is 454. The van der Waals surface area contributed by atoms with Crippen molar-refractivity contribution < 1.29 is 0 Å². The van der Waals surface area contributed by atoms with Gasteiger partial charge in [-0.15, -0.1) is 0 Å². The van der Waals surface area contributed by atoms with Gasteiger partial charge in [-0.25, -0.2) is 0 Å². The van der Waals surface area contributed by atoms with E-state index in [9.17, 15) is 4.79 Å². The van der Waals surface area contributed by atoms with Crippen molar-refractivity contribution in [2.24, 2.45) is 5.41 Å². The molecule has 0 unspecified atom stereocenters. The SMILES string of the molecule is CC(C)(C#N)CCCn1ccc(=O)c(N)c1. The van der Waals surface area contributed by atoms with Crippen LogP contribution in [0.25, 0.3) is 0 Å². The molecular weight excluding hydrogens is 202 g/mol. The molecule has 16 heavy (non-hydrogen) atoms. The first kappa shape index (κ1) is 12.3. The van der Waals surface area contributed by atoms with Crippen LogP contribution in [-0.4, -0.2) is 4.57 Å². The summed E-state index contributed by atoms with van der Waals surface area (Å²) in [6, 6.07) is 3.73. The third-order valence-corrected chi connectivity index (χ3v) is 2.53. The maximum atomic E-state index is 11.1. The van der Waals surface area contributed by atoms with Crippen LogP contribution in [0.15, 0.2) is 23.3 Å². The van der Waals surface area contributed by atoms with Gasteiger partial charge in [0.2, 0.25) is 5.43 Å². The second-order valence-electron chi connectivity index (χ2n) is 4.60. The number of nitriles is 1. The van der Waals surface area contributed by atoms with Gasteiger partial charge in [0.25, 0.3) is 0 Å². The van der Waals surface area contributed by atoms with Crippen molar-refractivity contribution in [3.63, 3.8) is 0 Å². The number of nitrogens with two attached hydrogens (primary N) is 1. The first-order chi connectivity index (χ1) is 7.44. The molecule has 4 nitrogen and oxygen atoms in total. The van der Waals surface area contributed by atoms with E-state index in [1.807, 2.05) is 18.4 Å². The Morgan fingerprint density at radius 1 is 1.56 bits per heavy atom. The van der Waals surface area contributed by atoms with Gasteiger partial charge in [0, 0.05) is 25.0 Å². The van der Waals surface area contributed by atoms with E-state index >= 15 is 0 Å². The zero-order chi connectivity index (χ0) is 12.2. The molecule has 2 N–H and O–H groups in total. The smallest absolute Gasteiger partial charge is 0.204 e. The topological polar surface area (TPSA) is 71.8 Å². The first-order valence-electron chi connectivity index (χ1n) is 5.31. The van der Waals surface area contributed by atoms with E-state index in [0.29, 0.717) is 0 Å². The zero-order valence-corrected chi connectivity index (χ0v) is 9.73. The Kier molecular flexibility index (Phi) is 3.73. The average molecular weight is 219 g/mol. The second kappa shape index (κ2) is 4.84. The third-order valence-electron chi connectivity index (χ3n) is 2.53. The van der Waals surface area contributed by atoms with Crippen molar-refractivity contribution in [1.82, 2.24) is 4.57 Å². The molecule has 4 heteroatoms. The monoisotopic (exact) mass is 219 g/mol. The molecule has 0 atom stereocenters. The number of rotatable bonds is 4. The number of anilines is 1. The van der Waals surface area contributed by atoms with Gasteiger partial charge in [0.1, 0.15) is 0 Å². The summed E-state index contributed by atoms with van der Waals surface area (Å²) in [5.41, 5.74) is 5.35. The van der Waals surface area contributed by atoms with Gasteiger partial charge in [-0.3, -0.25) is 4.79 Å². The van der Waals surface area contributed by atoms with Gasteiger partial charge >= 0.3 is 0 Å². The lowest BCUT2D eigenvalue weighted by Gasteiger charge is -2.15. The Hall–Kier alpha value is -1.76. The van der Waals surface area contributed by atoms with E-state index in [1.54, 1.807) is 12.4 Å². The summed E-state index contributed by atoms with van der Waals surface area (Å²) in [5, 5.41) is 8.85. The molecule has 0 saturated carbocycles.